The molecule has 0 saturated heterocycles. The van der Waals surface area contributed by atoms with Crippen molar-refractivity contribution in [1.82, 2.24) is 5.32 Å². The van der Waals surface area contributed by atoms with Crippen molar-refractivity contribution in [3.8, 4) is 0 Å². The normalized spacial score (nSPS) is 12.4. The van der Waals surface area contributed by atoms with Gasteiger partial charge in [0, 0.05) is 6.04 Å². The third-order valence-electron chi connectivity index (χ3n) is 3.73. The molecule has 1 nitrogen and oxygen atoms in total. The second-order valence-corrected chi connectivity index (χ2v) is 5.41. The average molecular weight is 271 g/mol. The fourth-order valence-electron chi connectivity index (χ4n) is 2.34. The van der Waals surface area contributed by atoms with Crippen LogP contribution in [0, 0.1) is 19.7 Å². The molecule has 0 aliphatic rings. The summed E-state index contributed by atoms with van der Waals surface area (Å²) in [7, 11) is 0. The van der Waals surface area contributed by atoms with Gasteiger partial charge in [0.25, 0.3) is 0 Å². The molecule has 0 aliphatic heterocycles. The summed E-state index contributed by atoms with van der Waals surface area (Å²) in [6.07, 6.45) is 0.919. The van der Waals surface area contributed by atoms with Gasteiger partial charge in [0.2, 0.25) is 0 Å². The Balaban J connectivity index is 1.87. The Labute approximate surface area is 120 Å². The van der Waals surface area contributed by atoms with E-state index in [1.54, 1.807) is 6.07 Å². The van der Waals surface area contributed by atoms with Gasteiger partial charge < -0.3 is 5.32 Å². The van der Waals surface area contributed by atoms with Crippen LogP contribution in [0.5, 0.6) is 0 Å². The minimum absolute atomic E-state index is 0.160. The van der Waals surface area contributed by atoms with Crippen molar-refractivity contribution in [3.05, 3.63) is 70.5 Å². The number of nitrogens with one attached hydrogen (secondary N) is 1. The monoisotopic (exact) mass is 271 g/mol. The molecule has 2 aromatic carbocycles. The molecule has 2 rings (SSSR count). The van der Waals surface area contributed by atoms with Crippen LogP contribution in [0.1, 0.15) is 35.2 Å². The standard InChI is InChI=1S/C18H22FN/c1-13-4-6-17(7-5-13)15(3)20-11-10-16-8-9-18(19)12-14(16)2/h4-9,12,15,20H,10-11H2,1-3H3. The van der Waals surface area contributed by atoms with Gasteiger partial charge in [0.15, 0.2) is 0 Å². The van der Waals surface area contributed by atoms with Gasteiger partial charge in [0.1, 0.15) is 5.82 Å². The maximum atomic E-state index is 13.0. The summed E-state index contributed by atoms with van der Waals surface area (Å²) < 4.78 is 13.0. The molecule has 0 heterocycles. The first-order valence-electron chi connectivity index (χ1n) is 7.11. The molecule has 2 aromatic rings. The number of benzene rings is 2. The van der Waals surface area contributed by atoms with Crippen LogP contribution in [0.2, 0.25) is 0 Å². The van der Waals surface area contributed by atoms with Crippen molar-refractivity contribution < 1.29 is 4.39 Å². The quantitative estimate of drug-likeness (QED) is 0.853. The largest absolute Gasteiger partial charge is 0.310 e. The van der Waals surface area contributed by atoms with Crippen molar-refractivity contribution in [2.45, 2.75) is 33.2 Å². The summed E-state index contributed by atoms with van der Waals surface area (Å²) in [4.78, 5) is 0. The number of halogens is 1. The van der Waals surface area contributed by atoms with Gasteiger partial charge in [-0.1, -0.05) is 35.9 Å². The predicted molar refractivity (Wildman–Crippen MR) is 82.4 cm³/mol. The molecule has 0 saturated carbocycles. The smallest absolute Gasteiger partial charge is 0.123 e. The lowest BCUT2D eigenvalue weighted by molar-refractivity contribution is 0.575. The number of hydrogen-bond donors (Lipinski definition) is 1. The Hall–Kier alpha value is -1.67. The highest BCUT2D eigenvalue weighted by atomic mass is 19.1. The first-order chi connectivity index (χ1) is 9.56. The molecule has 0 fully saturated rings. The highest BCUT2D eigenvalue weighted by Crippen LogP contribution is 2.14. The zero-order valence-corrected chi connectivity index (χ0v) is 12.4. The van der Waals surface area contributed by atoms with Gasteiger partial charge in [-0.25, -0.2) is 4.39 Å². The van der Waals surface area contributed by atoms with Crippen molar-refractivity contribution in [1.29, 1.82) is 0 Å². The van der Waals surface area contributed by atoms with E-state index in [1.807, 2.05) is 13.0 Å². The number of aryl methyl sites for hydroxylation is 2. The highest BCUT2D eigenvalue weighted by molar-refractivity contribution is 5.27. The maximum Gasteiger partial charge on any atom is 0.123 e. The van der Waals surface area contributed by atoms with Gasteiger partial charge in [-0.3, -0.25) is 0 Å². The van der Waals surface area contributed by atoms with Gasteiger partial charge in [-0.15, -0.1) is 0 Å². The molecule has 0 aromatic heterocycles. The third kappa shape index (κ3) is 3.91. The van der Waals surface area contributed by atoms with Crippen LogP contribution in [-0.4, -0.2) is 6.54 Å². The van der Waals surface area contributed by atoms with Crippen LogP contribution in [-0.2, 0) is 6.42 Å². The number of rotatable bonds is 5. The Morgan fingerprint density at radius 2 is 1.75 bits per heavy atom. The zero-order valence-electron chi connectivity index (χ0n) is 12.4. The Kier molecular flexibility index (Phi) is 4.91. The molecule has 20 heavy (non-hydrogen) atoms. The Morgan fingerprint density at radius 3 is 2.40 bits per heavy atom. The fraction of sp³-hybridized carbons (Fsp3) is 0.333. The van der Waals surface area contributed by atoms with E-state index in [9.17, 15) is 4.39 Å². The summed E-state index contributed by atoms with van der Waals surface area (Å²) in [6.45, 7) is 7.12. The van der Waals surface area contributed by atoms with Crippen LogP contribution in [0.4, 0.5) is 4.39 Å². The second kappa shape index (κ2) is 6.67. The van der Waals surface area contributed by atoms with Crippen LogP contribution in [0.25, 0.3) is 0 Å². The lowest BCUT2D eigenvalue weighted by Gasteiger charge is -2.15. The summed E-state index contributed by atoms with van der Waals surface area (Å²) in [5.74, 6) is -0.160. The van der Waals surface area contributed by atoms with E-state index in [2.05, 4.69) is 43.4 Å². The predicted octanol–water partition coefficient (Wildman–Crippen LogP) is 4.34. The zero-order chi connectivity index (χ0) is 14.5. The first-order valence-corrected chi connectivity index (χ1v) is 7.11. The van der Waals surface area contributed by atoms with E-state index < -0.39 is 0 Å². The minimum Gasteiger partial charge on any atom is -0.310 e. The van der Waals surface area contributed by atoms with Gasteiger partial charge >= 0.3 is 0 Å². The van der Waals surface area contributed by atoms with Gasteiger partial charge in [-0.05, 0) is 62.6 Å². The van der Waals surface area contributed by atoms with Gasteiger partial charge in [-0.2, -0.15) is 0 Å². The minimum atomic E-state index is -0.160. The molecule has 0 radical (unpaired) electrons. The Morgan fingerprint density at radius 1 is 1.05 bits per heavy atom. The molecule has 1 atom stereocenters. The van der Waals surface area contributed by atoms with E-state index >= 15 is 0 Å². The summed E-state index contributed by atoms with van der Waals surface area (Å²) in [6, 6.07) is 13.9. The molecule has 0 amide bonds. The molecule has 106 valence electrons. The summed E-state index contributed by atoms with van der Waals surface area (Å²) >= 11 is 0. The molecule has 0 aliphatic carbocycles. The number of hydrogen-bond acceptors (Lipinski definition) is 1. The van der Waals surface area contributed by atoms with Crippen LogP contribution < -0.4 is 5.32 Å². The first kappa shape index (κ1) is 14.7. The van der Waals surface area contributed by atoms with Crippen molar-refractivity contribution in [2.24, 2.45) is 0 Å². The van der Waals surface area contributed by atoms with Crippen LogP contribution in [0.3, 0.4) is 0 Å². The molecule has 1 N–H and O–H groups in total. The second-order valence-electron chi connectivity index (χ2n) is 5.41. The molecular formula is C18H22FN. The summed E-state index contributed by atoms with van der Waals surface area (Å²) in [5.41, 5.74) is 4.80. The highest BCUT2D eigenvalue weighted by Gasteiger charge is 2.05. The van der Waals surface area contributed by atoms with Gasteiger partial charge in [0.05, 0.1) is 0 Å². The van der Waals surface area contributed by atoms with E-state index in [1.165, 1.54) is 22.8 Å². The van der Waals surface area contributed by atoms with E-state index in [0.29, 0.717) is 6.04 Å². The Bertz CT molecular complexity index is 560. The molecule has 0 spiro atoms. The molecule has 1 unspecified atom stereocenters. The third-order valence-corrected chi connectivity index (χ3v) is 3.73. The summed E-state index contributed by atoms with van der Waals surface area (Å²) in [5, 5.41) is 3.51. The van der Waals surface area contributed by atoms with E-state index in [0.717, 1.165) is 18.5 Å². The maximum absolute atomic E-state index is 13.0. The van der Waals surface area contributed by atoms with Crippen LogP contribution in [0.15, 0.2) is 42.5 Å². The molecule has 0 bridgehead atoms. The SMILES string of the molecule is Cc1ccc(C(C)NCCc2ccc(F)cc2C)cc1. The van der Waals surface area contributed by atoms with Crippen molar-refractivity contribution >= 4 is 0 Å². The molecule has 2 heteroatoms. The fourth-order valence-corrected chi connectivity index (χ4v) is 2.34. The lowest BCUT2D eigenvalue weighted by Crippen LogP contribution is -2.21. The topological polar surface area (TPSA) is 12.0 Å². The van der Waals surface area contributed by atoms with Crippen molar-refractivity contribution in [2.75, 3.05) is 6.54 Å². The van der Waals surface area contributed by atoms with E-state index in [-0.39, 0.29) is 5.82 Å². The lowest BCUT2D eigenvalue weighted by atomic mass is 10.0. The molecular weight excluding hydrogens is 249 g/mol. The van der Waals surface area contributed by atoms with Crippen molar-refractivity contribution in [3.63, 3.8) is 0 Å². The average Bonchev–Trinajstić information content (AvgIpc) is 2.42. The van der Waals surface area contributed by atoms with Crippen LogP contribution >= 0.6 is 0 Å². The van der Waals surface area contributed by atoms with E-state index in [4.69, 9.17) is 0 Å².